The average Bonchev–Trinajstić information content (AvgIpc) is 3.62. The van der Waals surface area contributed by atoms with E-state index in [1.807, 2.05) is 49.2 Å². The van der Waals surface area contributed by atoms with E-state index in [4.69, 9.17) is 11.3 Å². The molecule has 2 aromatic carbocycles. The maximum absolute atomic E-state index is 12.4. The minimum absolute atomic E-state index is 0.00982. The molecule has 0 N–H and O–H groups in total. The zero-order chi connectivity index (χ0) is 40.6. The lowest BCUT2D eigenvalue weighted by molar-refractivity contribution is -0.255. The van der Waals surface area contributed by atoms with E-state index >= 15 is 0 Å². The Morgan fingerprint density at radius 2 is 1.54 bits per heavy atom. The van der Waals surface area contributed by atoms with Crippen molar-refractivity contribution >= 4 is 29.1 Å². The van der Waals surface area contributed by atoms with Crippen molar-refractivity contribution in [3.63, 3.8) is 0 Å². The highest BCUT2D eigenvalue weighted by atomic mass is 16.6. The lowest BCUT2D eigenvalue weighted by Crippen LogP contribution is -2.48. The van der Waals surface area contributed by atoms with E-state index in [0.717, 1.165) is 22.4 Å². The molecule has 1 heterocycles. The number of carbonyl (C=O) groups excluding carboxylic acids is 2. The van der Waals surface area contributed by atoms with Gasteiger partial charge in [-0.1, -0.05) is 78.4 Å². The van der Waals surface area contributed by atoms with E-state index < -0.39 is 5.97 Å². The van der Waals surface area contributed by atoms with Gasteiger partial charge < -0.3 is 29.8 Å². The number of hydrogen-bond donors (Lipinski definition) is 0. The molecule has 1 saturated heterocycles. The van der Waals surface area contributed by atoms with E-state index in [0.29, 0.717) is 50.1 Å². The molecule has 12 heteroatoms. The van der Waals surface area contributed by atoms with Gasteiger partial charge in [-0.2, -0.15) is 15.8 Å². The van der Waals surface area contributed by atoms with Gasteiger partial charge in [-0.3, -0.25) is 0 Å². The van der Waals surface area contributed by atoms with Gasteiger partial charge in [-0.05, 0) is 66.7 Å². The third-order valence-corrected chi connectivity index (χ3v) is 8.97. The summed E-state index contributed by atoms with van der Waals surface area (Å²) in [6.07, 6.45) is 11.0. The number of carbonyl (C=O) groups is 2. The molecule has 2 aliphatic rings. The molecule has 276 valence electrons. The Balaban J connectivity index is 1.79. The Kier molecular flexibility index (Phi) is 14.4. The summed E-state index contributed by atoms with van der Waals surface area (Å²) < 4.78 is 5.20. The monoisotopic (exact) mass is 738 g/mol. The topological polar surface area (TPSA) is 195 Å². The lowest BCUT2D eigenvalue weighted by atomic mass is 9.93. The molecule has 1 fully saturated rings. The molecule has 1 amide bonds. The molecule has 0 bridgehead atoms. The van der Waals surface area contributed by atoms with Crippen molar-refractivity contribution in [2.45, 2.75) is 26.7 Å². The normalized spacial score (nSPS) is 15.9. The van der Waals surface area contributed by atoms with Crippen LogP contribution in [0.1, 0.15) is 46.8 Å². The summed E-state index contributed by atoms with van der Waals surface area (Å²) in [6.45, 7) is 13.3. The Hall–Kier alpha value is -7.94. The molecule has 0 spiro atoms. The fourth-order valence-electron chi connectivity index (χ4n) is 6.27. The first-order valence-electron chi connectivity index (χ1n) is 17.4. The number of ether oxygens (including phenoxy) is 1. The highest BCUT2D eigenvalue weighted by Crippen LogP contribution is 2.36. The number of rotatable bonds is 11. The standard InChI is InChI=1S/C44H35N8O4/c1-4-56-44(55)52-23-21-51(22-24-52)42-33(7-5-9-36(25-45)40(38(27-47)28-48)31-15-19-35(20-16-31)43(53)54)17-18-34(42)8-6-10-37(26-46)41(39(29-49)50-3)32-13-11-30(2)12-14-32/h5-16,19-20H,4,17-18,21-24H2,1-2H3,(H,53,54)/q-1/p-1/b8-6+,9-5+,33-7+,37-10+,40-36-,41-39+. The van der Waals surface area contributed by atoms with Crippen LogP contribution in [-0.2, 0) is 4.74 Å². The van der Waals surface area contributed by atoms with Crippen LogP contribution < -0.4 is 5.11 Å². The number of carboxylic acid groups (broad SMARTS) is 1. The molecule has 0 aromatic heterocycles. The number of hydrogen-bond acceptors (Lipinski definition) is 9. The molecule has 56 heavy (non-hydrogen) atoms. The zero-order valence-corrected chi connectivity index (χ0v) is 30.7. The van der Waals surface area contributed by atoms with E-state index in [1.54, 1.807) is 42.2 Å². The first-order valence-corrected chi connectivity index (χ1v) is 17.4. The van der Waals surface area contributed by atoms with Gasteiger partial charge in [-0.25, -0.2) is 20.8 Å². The van der Waals surface area contributed by atoms with Crippen LogP contribution in [0.15, 0.2) is 124 Å². The SMILES string of the molecule is [C-]#[N+]/C(C#N)=C(/C(C#N)=C/C=C/C1=C(N2CCN(C(=O)OCC)CC2)C(=C/C=C/C(C#N)=C(/C(=C=[N-])C#N)c2ccc(C(=O)[O-])cc2)/CC1)c1ccc(C)cc1. The van der Waals surface area contributed by atoms with Crippen molar-refractivity contribution < 1.29 is 19.4 Å². The molecule has 1 aliphatic carbocycles. The largest absolute Gasteiger partial charge is 0.762 e. The minimum Gasteiger partial charge on any atom is -0.762 e. The summed E-state index contributed by atoms with van der Waals surface area (Å²) in [7, 11) is 0. The van der Waals surface area contributed by atoms with E-state index in [2.05, 4.69) is 21.9 Å². The van der Waals surface area contributed by atoms with Gasteiger partial charge in [0.2, 0.25) is 0 Å². The second-order valence-electron chi connectivity index (χ2n) is 12.3. The van der Waals surface area contributed by atoms with Crippen LogP contribution in [0.4, 0.5) is 4.79 Å². The molecule has 12 nitrogen and oxygen atoms in total. The fraction of sp³-hybridized carbons (Fsp3) is 0.205. The number of nitrogens with zero attached hydrogens (tertiary/aromatic N) is 8. The van der Waals surface area contributed by atoms with Crippen LogP contribution in [0.5, 0.6) is 0 Å². The van der Waals surface area contributed by atoms with Crippen molar-refractivity contribution in [3.05, 3.63) is 163 Å². The Morgan fingerprint density at radius 3 is 2.09 bits per heavy atom. The molecule has 0 radical (unpaired) electrons. The quantitative estimate of drug-likeness (QED) is 0.107. The van der Waals surface area contributed by atoms with Crippen LogP contribution in [0.25, 0.3) is 21.4 Å². The van der Waals surface area contributed by atoms with Gasteiger partial charge in [0.1, 0.15) is 6.07 Å². The van der Waals surface area contributed by atoms with Crippen molar-refractivity contribution in [2.75, 3.05) is 32.8 Å². The molecule has 4 rings (SSSR count). The maximum atomic E-state index is 12.4. The third kappa shape index (κ3) is 9.73. The second kappa shape index (κ2) is 19.8. The predicted molar refractivity (Wildman–Crippen MR) is 208 cm³/mol. The van der Waals surface area contributed by atoms with Crippen LogP contribution in [0.3, 0.4) is 0 Å². The number of nitriles is 4. The molecule has 2 aromatic rings. The first kappa shape index (κ1) is 40.8. The van der Waals surface area contributed by atoms with Crippen molar-refractivity contribution in [3.8, 4) is 24.3 Å². The van der Waals surface area contributed by atoms with E-state index in [-0.39, 0.29) is 51.8 Å². The van der Waals surface area contributed by atoms with Crippen molar-refractivity contribution in [1.82, 2.24) is 9.80 Å². The Labute approximate surface area is 325 Å². The number of allylic oxidation sites excluding steroid dienone is 14. The van der Waals surface area contributed by atoms with Gasteiger partial charge in [-0.15, -0.1) is 0 Å². The molecule has 0 saturated carbocycles. The molecular weight excluding hydrogens is 705 g/mol. The summed E-state index contributed by atoms with van der Waals surface area (Å²) in [5, 5.41) is 60.7. The highest BCUT2D eigenvalue weighted by Gasteiger charge is 2.28. The van der Waals surface area contributed by atoms with Crippen LogP contribution >= 0.6 is 0 Å². The zero-order valence-electron chi connectivity index (χ0n) is 30.7. The van der Waals surface area contributed by atoms with Gasteiger partial charge in [0.15, 0.2) is 0 Å². The predicted octanol–water partition coefficient (Wildman–Crippen LogP) is 6.49. The first-order chi connectivity index (χ1) is 27.1. The number of aromatic carboxylic acids is 1. The van der Waals surface area contributed by atoms with Crippen molar-refractivity contribution in [2.24, 2.45) is 0 Å². The molecule has 0 unspecified atom stereocenters. The lowest BCUT2D eigenvalue weighted by Gasteiger charge is -2.37. The second-order valence-corrected chi connectivity index (χ2v) is 12.3. The number of amides is 1. The number of benzene rings is 2. The van der Waals surface area contributed by atoms with Crippen LogP contribution in [0, 0.1) is 58.8 Å². The minimum atomic E-state index is -1.39. The number of aryl methyl sites for hydroxylation is 1. The molecule has 1 aliphatic heterocycles. The van der Waals surface area contributed by atoms with E-state index in [9.17, 15) is 41.2 Å². The summed E-state index contributed by atoms with van der Waals surface area (Å²) in [6, 6.07) is 20.5. The molecule has 0 atom stereocenters. The van der Waals surface area contributed by atoms with Crippen LogP contribution in [0.2, 0.25) is 0 Å². The highest BCUT2D eigenvalue weighted by molar-refractivity contribution is 5.97. The molecular formula is C44H34N8O4-2. The van der Waals surface area contributed by atoms with E-state index in [1.165, 1.54) is 30.3 Å². The summed E-state index contributed by atoms with van der Waals surface area (Å²) in [4.78, 5) is 30.9. The third-order valence-electron chi connectivity index (χ3n) is 8.97. The Morgan fingerprint density at radius 1 is 0.893 bits per heavy atom. The number of carboxylic acids is 1. The number of piperazine rings is 1. The Bertz CT molecular complexity index is 2360. The van der Waals surface area contributed by atoms with Crippen molar-refractivity contribution in [1.29, 1.82) is 21.0 Å². The summed E-state index contributed by atoms with van der Waals surface area (Å²) >= 11 is 0. The van der Waals surface area contributed by atoms with Crippen LogP contribution in [-0.4, -0.2) is 60.5 Å². The smallest absolute Gasteiger partial charge is 0.409 e. The van der Waals surface area contributed by atoms with Gasteiger partial charge in [0, 0.05) is 43.0 Å². The van der Waals surface area contributed by atoms with Gasteiger partial charge >= 0.3 is 6.09 Å². The fourth-order valence-corrected chi connectivity index (χ4v) is 6.27. The maximum Gasteiger partial charge on any atom is 0.409 e. The van der Waals surface area contributed by atoms with Gasteiger partial charge in [0.25, 0.3) is 5.70 Å². The summed E-state index contributed by atoms with van der Waals surface area (Å²) in [5.74, 6) is 0.430. The average molecular weight is 739 g/mol. The van der Waals surface area contributed by atoms with Gasteiger partial charge in [0.05, 0.1) is 54.1 Å². The summed E-state index contributed by atoms with van der Waals surface area (Å²) in [5.41, 5.74) is 4.42.